The summed E-state index contributed by atoms with van der Waals surface area (Å²) in [5.74, 6) is 0.726. The smallest absolute Gasteiger partial charge is 0.144 e. The number of rotatable bonds is 4. The van der Waals surface area contributed by atoms with Gasteiger partial charge in [0.2, 0.25) is 0 Å². The number of hydrogen-bond donors (Lipinski definition) is 1. The molecule has 2 nitrogen and oxygen atoms in total. The molecule has 0 aromatic carbocycles. The summed E-state index contributed by atoms with van der Waals surface area (Å²) in [5, 5.41) is 3.84. The second kappa shape index (κ2) is 4.47. The number of anilines is 1. The number of aromatic nitrogens is 1. The monoisotopic (exact) mass is 210 g/mol. The highest BCUT2D eigenvalue weighted by molar-refractivity contribution is 6.32. The van der Waals surface area contributed by atoms with Crippen LogP contribution in [0.5, 0.6) is 0 Å². The lowest BCUT2D eigenvalue weighted by Crippen LogP contribution is -2.20. The van der Waals surface area contributed by atoms with Crippen molar-refractivity contribution in [3.63, 3.8) is 0 Å². The zero-order valence-electron chi connectivity index (χ0n) is 8.55. The van der Waals surface area contributed by atoms with E-state index in [0.29, 0.717) is 5.02 Å². The van der Waals surface area contributed by atoms with Gasteiger partial charge in [-0.05, 0) is 17.5 Å². The summed E-state index contributed by atoms with van der Waals surface area (Å²) >= 11 is 5.95. The molecule has 1 aromatic rings. The quantitative estimate of drug-likeness (QED) is 0.771. The molecule has 1 N–H and O–H groups in total. The fourth-order valence-corrected chi connectivity index (χ4v) is 1.09. The molecule has 0 spiro atoms. The maximum Gasteiger partial charge on any atom is 0.144 e. The first-order valence-corrected chi connectivity index (χ1v) is 4.91. The fraction of sp³-hybridized carbons (Fsp3) is 0.364. The number of nitrogens with zero attached hydrogens (tertiary/aromatic N) is 1. The Labute approximate surface area is 90.0 Å². The molecule has 3 heteroatoms. The van der Waals surface area contributed by atoms with E-state index in [1.54, 1.807) is 6.20 Å². The van der Waals surface area contributed by atoms with Crippen LogP contribution in [0.3, 0.4) is 0 Å². The molecule has 0 radical (unpaired) electrons. The van der Waals surface area contributed by atoms with E-state index in [0.717, 1.165) is 12.4 Å². The molecular formula is C11H15ClN2. The predicted molar refractivity (Wildman–Crippen MR) is 61.7 cm³/mol. The maximum atomic E-state index is 5.95. The van der Waals surface area contributed by atoms with Crippen LogP contribution in [-0.4, -0.2) is 11.5 Å². The Bertz CT molecular complexity index is 321. The molecule has 1 heterocycles. The minimum atomic E-state index is 0.0425. The Morgan fingerprint density at radius 1 is 1.64 bits per heavy atom. The van der Waals surface area contributed by atoms with Crippen molar-refractivity contribution in [3.8, 4) is 0 Å². The van der Waals surface area contributed by atoms with E-state index in [1.807, 2.05) is 18.2 Å². The first kappa shape index (κ1) is 11.1. The van der Waals surface area contributed by atoms with Crippen molar-refractivity contribution in [2.24, 2.45) is 5.41 Å². The molecule has 0 fully saturated rings. The molecule has 0 atom stereocenters. The number of hydrogen-bond acceptors (Lipinski definition) is 2. The second-order valence-corrected chi connectivity index (χ2v) is 4.29. The van der Waals surface area contributed by atoms with E-state index in [4.69, 9.17) is 11.6 Å². The van der Waals surface area contributed by atoms with Gasteiger partial charge in [0.15, 0.2) is 0 Å². The molecule has 0 saturated heterocycles. The van der Waals surface area contributed by atoms with Gasteiger partial charge in [0.1, 0.15) is 5.82 Å². The largest absolute Gasteiger partial charge is 0.368 e. The lowest BCUT2D eigenvalue weighted by atomic mass is 9.94. The van der Waals surface area contributed by atoms with Crippen LogP contribution >= 0.6 is 11.6 Å². The Balaban J connectivity index is 2.62. The molecule has 1 aromatic heterocycles. The van der Waals surface area contributed by atoms with Crippen molar-refractivity contribution in [2.45, 2.75) is 13.8 Å². The molecule has 14 heavy (non-hydrogen) atoms. The van der Waals surface area contributed by atoms with E-state index >= 15 is 0 Å². The van der Waals surface area contributed by atoms with Gasteiger partial charge in [0, 0.05) is 12.7 Å². The normalized spacial score (nSPS) is 11.1. The highest BCUT2D eigenvalue weighted by atomic mass is 35.5. The summed E-state index contributed by atoms with van der Waals surface area (Å²) in [6.45, 7) is 8.75. The molecule has 0 amide bonds. The van der Waals surface area contributed by atoms with Crippen molar-refractivity contribution < 1.29 is 0 Å². The third kappa shape index (κ3) is 3.04. The van der Waals surface area contributed by atoms with Crippen LogP contribution in [0.2, 0.25) is 5.02 Å². The summed E-state index contributed by atoms with van der Waals surface area (Å²) < 4.78 is 0. The van der Waals surface area contributed by atoms with Gasteiger partial charge < -0.3 is 5.32 Å². The summed E-state index contributed by atoms with van der Waals surface area (Å²) in [5.41, 5.74) is 0.0425. The Kier molecular flexibility index (Phi) is 3.53. The third-order valence-electron chi connectivity index (χ3n) is 2.02. The molecule has 0 aliphatic rings. The first-order valence-electron chi connectivity index (χ1n) is 4.53. The van der Waals surface area contributed by atoms with E-state index in [-0.39, 0.29) is 5.41 Å². The summed E-state index contributed by atoms with van der Waals surface area (Å²) in [4.78, 5) is 4.14. The Morgan fingerprint density at radius 3 is 2.93 bits per heavy atom. The van der Waals surface area contributed by atoms with Gasteiger partial charge in [-0.1, -0.05) is 31.5 Å². The summed E-state index contributed by atoms with van der Waals surface area (Å²) in [6, 6.07) is 3.63. The number of nitrogens with one attached hydrogen (secondary N) is 1. The van der Waals surface area contributed by atoms with E-state index in [9.17, 15) is 0 Å². The zero-order valence-corrected chi connectivity index (χ0v) is 9.30. The van der Waals surface area contributed by atoms with Crippen LogP contribution in [0, 0.1) is 5.41 Å². The van der Waals surface area contributed by atoms with Crippen molar-refractivity contribution >= 4 is 17.4 Å². The van der Waals surface area contributed by atoms with Crippen LogP contribution in [0.15, 0.2) is 31.0 Å². The van der Waals surface area contributed by atoms with Gasteiger partial charge in [-0.15, -0.1) is 6.58 Å². The molecule has 0 aliphatic carbocycles. The van der Waals surface area contributed by atoms with Crippen LogP contribution in [0.1, 0.15) is 13.8 Å². The number of halogens is 1. The molecule has 0 saturated carbocycles. The molecule has 0 unspecified atom stereocenters. The average molecular weight is 211 g/mol. The minimum absolute atomic E-state index is 0.0425. The Hall–Kier alpha value is -1.02. The van der Waals surface area contributed by atoms with E-state index < -0.39 is 0 Å². The van der Waals surface area contributed by atoms with Crippen molar-refractivity contribution in [1.29, 1.82) is 0 Å². The van der Waals surface area contributed by atoms with Crippen LogP contribution in [0.4, 0.5) is 5.82 Å². The third-order valence-corrected chi connectivity index (χ3v) is 2.33. The van der Waals surface area contributed by atoms with Crippen LogP contribution in [0.25, 0.3) is 0 Å². The van der Waals surface area contributed by atoms with Gasteiger partial charge in [-0.2, -0.15) is 0 Å². The molecule has 0 bridgehead atoms. The average Bonchev–Trinajstić information content (AvgIpc) is 2.17. The lowest BCUT2D eigenvalue weighted by molar-refractivity contribution is 0.513. The van der Waals surface area contributed by atoms with E-state index in [2.05, 4.69) is 30.7 Å². The van der Waals surface area contributed by atoms with Crippen LogP contribution in [-0.2, 0) is 0 Å². The van der Waals surface area contributed by atoms with Crippen LogP contribution < -0.4 is 5.32 Å². The SMILES string of the molecule is C=CC(C)(C)CNc1ncccc1Cl. The first-order chi connectivity index (χ1) is 6.55. The van der Waals surface area contributed by atoms with Crippen molar-refractivity contribution in [2.75, 3.05) is 11.9 Å². The summed E-state index contributed by atoms with van der Waals surface area (Å²) in [7, 11) is 0. The standard InChI is InChI=1S/C11H15ClN2/c1-4-11(2,3)8-14-10-9(12)6-5-7-13-10/h4-7H,1,8H2,2-3H3,(H,13,14). The molecular weight excluding hydrogens is 196 g/mol. The summed E-state index contributed by atoms with van der Waals surface area (Å²) in [6.07, 6.45) is 3.63. The van der Waals surface area contributed by atoms with E-state index in [1.165, 1.54) is 0 Å². The maximum absolute atomic E-state index is 5.95. The van der Waals surface area contributed by atoms with Crippen molar-refractivity contribution in [3.05, 3.63) is 36.0 Å². The highest BCUT2D eigenvalue weighted by Crippen LogP contribution is 2.21. The van der Waals surface area contributed by atoms with Gasteiger partial charge in [-0.25, -0.2) is 4.98 Å². The number of pyridine rings is 1. The lowest BCUT2D eigenvalue weighted by Gasteiger charge is -2.20. The molecule has 76 valence electrons. The fourth-order valence-electron chi connectivity index (χ4n) is 0.899. The second-order valence-electron chi connectivity index (χ2n) is 3.88. The van der Waals surface area contributed by atoms with Gasteiger partial charge in [-0.3, -0.25) is 0 Å². The van der Waals surface area contributed by atoms with Gasteiger partial charge in [0.25, 0.3) is 0 Å². The molecule has 0 aliphatic heterocycles. The van der Waals surface area contributed by atoms with Crippen molar-refractivity contribution in [1.82, 2.24) is 4.98 Å². The zero-order chi connectivity index (χ0) is 10.6. The highest BCUT2D eigenvalue weighted by Gasteiger charge is 2.13. The minimum Gasteiger partial charge on any atom is -0.368 e. The van der Waals surface area contributed by atoms with Gasteiger partial charge in [0.05, 0.1) is 5.02 Å². The Morgan fingerprint density at radius 2 is 2.36 bits per heavy atom. The topological polar surface area (TPSA) is 24.9 Å². The predicted octanol–water partition coefficient (Wildman–Crippen LogP) is 3.36. The van der Waals surface area contributed by atoms with Gasteiger partial charge >= 0.3 is 0 Å². The molecule has 1 rings (SSSR count).